The zero-order valence-corrected chi connectivity index (χ0v) is 8.01. The van der Waals surface area contributed by atoms with Crippen LogP contribution in [0.1, 0.15) is 13.8 Å². The fourth-order valence-electron chi connectivity index (χ4n) is 0.235. The van der Waals surface area contributed by atoms with E-state index in [1.165, 1.54) is 0 Å². The average molecular weight is 140 g/mol. The van der Waals surface area contributed by atoms with Gasteiger partial charge >= 0.3 is 29.6 Å². The van der Waals surface area contributed by atoms with Crippen molar-refractivity contribution in [3.63, 3.8) is 0 Å². The van der Waals surface area contributed by atoms with Gasteiger partial charge in [-0.3, -0.25) is 0 Å². The molecule has 0 rings (SSSR count). The summed E-state index contributed by atoms with van der Waals surface area (Å²) in [6.07, 6.45) is -0.0344. The third kappa shape index (κ3) is 11.8. The van der Waals surface area contributed by atoms with Crippen molar-refractivity contribution in [2.24, 2.45) is 0 Å². The second-order valence-electron chi connectivity index (χ2n) is 1.73. The summed E-state index contributed by atoms with van der Waals surface area (Å²) < 4.78 is 4.64. The van der Waals surface area contributed by atoms with Crippen LogP contribution in [0.5, 0.6) is 0 Å². The Kier molecular flexibility index (Phi) is 8.83. The third-order valence-corrected chi connectivity index (χ3v) is 0.535. The molecule has 0 aromatic carbocycles. The van der Waals surface area contributed by atoms with E-state index in [1.54, 1.807) is 13.8 Å². The number of carboxylic acid groups (broad SMARTS) is 1. The molecular weight excluding hydrogens is 131 g/mol. The molecule has 0 saturated heterocycles. The van der Waals surface area contributed by atoms with E-state index < -0.39 is 5.97 Å². The van der Waals surface area contributed by atoms with Crippen molar-refractivity contribution >= 4 is 5.97 Å². The van der Waals surface area contributed by atoms with Gasteiger partial charge in [-0.2, -0.15) is 0 Å². The number of carboxylic acids is 1. The Morgan fingerprint density at radius 3 is 2.22 bits per heavy atom. The molecule has 0 aliphatic rings. The van der Waals surface area contributed by atoms with E-state index in [2.05, 4.69) is 4.74 Å². The van der Waals surface area contributed by atoms with Crippen LogP contribution in [0, 0.1) is 0 Å². The van der Waals surface area contributed by atoms with Crippen LogP contribution in [0.25, 0.3) is 0 Å². The molecule has 0 heterocycles. The molecule has 9 heavy (non-hydrogen) atoms. The summed E-state index contributed by atoms with van der Waals surface area (Å²) in [7, 11) is 0. The Labute approximate surface area is 76.7 Å². The van der Waals surface area contributed by atoms with Crippen LogP contribution >= 0.6 is 0 Å². The topological polar surface area (TPSA) is 49.4 Å². The Morgan fingerprint density at radius 2 is 2.11 bits per heavy atom. The van der Waals surface area contributed by atoms with Gasteiger partial charge in [-0.15, -0.1) is 0 Å². The van der Waals surface area contributed by atoms with E-state index in [1.807, 2.05) is 0 Å². The van der Waals surface area contributed by atoms with Gasteiger partial charge in [0.2, 0.25) is 0 Å². The minimum atomic E-state index is -1.17. The van der Waals surface area contributed by atoms with Gasteiger partial charge in [0.1, 0.15) is 0 Å². The van der Waals surface area contributed by atoms with Gasteiger partial charge in [-0.05, 0) is 13.8 Å². The second-order valence-corrected chi connectivity index (χ2v) is 1.73. The molecule has 0 aromatic heterocycles. The summed E-state index contributed by atoms with van der Waals surface area (Å²) >= 11 is 0. The molecule has 48 valence electrons. The van der Waals surface area contributed by atoms with Crippen LogP contribution in [0.2, 0.25) is 0 Å². The van der Waals surface area contributed by atoms with Crippen molar-refractivity contribution in [1.82, 2.24) is 0 Å². The summed E-state index contributed by atoms with van der Waals surface area (Å²) in [6.45, 7) is 3.23. The van der Waals surface area contributed by atoms with Gasteiger partial charge in [-0.1, -0.05) is 0 Å². The monoisotopic (exact) mass is 140 g/mol. The first kappa shape index (κ1) is 12.1. The number of aliphatic carboxylic acids is 1. The molecule has 0 aliphatic carbocycles. The maximum Gasteiger partial charge on any atom is 1.00 e. The van der Waals surface area contributed by atoms with Gasteiger partial charge in [0.25, 0.3) is 0 Å². The summed E-state index contributed by atoms with van der Waals surface area (Å²) in [5.41, 5.74) is 0. The summed E-state index contributed by atoms with van der Waals surface area (Å²) in [5, 5.41) is 9.67. The molecule has 0 amide bonds. The van der Waals surface area contributed by atoms with Gasteiger partial charge in [0, 0.05) is 0 Å². The van der Waals surface area contributed by atoms with Crippen molar-refractivity contribution in [3.8, 4) is 0 Å². The predicted octanol–water partition coefficient (Wildman–Crippen LogP) is -3.83. The zero-order chi connectivity index (χ0) is 6.57. The number of hydrogen-bond acceptors (Lipinski definition) is 3. The maximum atomic E-state index is 9.67. The second kappa shape index (κ2) is 6.55. The number of carbonyl (C=O) groups is 1. The normalized spacial score (nSPS) is 8.78. The first-order valence-electron chi connectivity index (χ1n) is 2.44. The number of hydrogen-bond donors (Lipinski definition) is 0. The quantitative estimate of drug-likeness (QED) is 0.377. The first-order chi connectivity index (χ1) is 3.63. The third-order valence-electron chi connectivity index (χ3n) is 0.535. The molecule has 3 nitrogen and oxygen atoms in total. The molecular formula is C5H9NaO3. The van der Waals surface area contributed by atoms with Crippen LogP contribution < -0.4 is 34.7 Å². The molecule has 0 spiro atoms. The molecule has 0 unspecified atom stereocenters. The number of carbonyl (C=O) groups excluding carboxylic acids is 1. The van der Waals surface area contributed by atoms with Gasteiger partial charge in [0.15, 0.2) is 0 Å². The van der Waals surface area contributed by atoms with Crippen molar-refractivity contribution in [2.45, 2.75) is 20.0 Å². The maximum absolute atomic E-state index is 9.67. The molecule has 0 bridgehead atoms. The Bertz CT molecular complexity index is 82.3. The Morgan fingerprint density at radius 1 is 1.67 bits per heavy atom. The van der Waals surface area contributed by atoms with Crippen molar-refractivity contribution in [1.29, 1.82) is 0 Å². The standard InChI is InChI=1S/C5H10O3.Na/c1-4(2)8-3-5(6)7;/h4H,3H2,1-2H3,(H,6,7);/q;+1/p-1. The largest absolute Gasteiger partial charge is 1.00 e. The van der Waals surface area contributed by atoms with Crippen molar-refractivity contribution in [2.75, 3.05) is 6.61 Å². The molecule has 0 aliphatic heterocycles. The predicted molar refractivity (Wildman–Crippen MR) is 26.1 cm³/mol. The van der Waals surface area contributed by atoms with Crippen LogP contribution in [0.4, 0.5) is 0 Å². The van der Waals surface area contributed by atoms with Crippen LogP contribution in [0.3, 0.4) is 0 Å². The summed E-state index contributed by atoms with van der Waals surface area (Å²) in [5.74, 6) is -1.17. The molecule has 0 fully saturated rings. The number of ether oxygens (including phenoxy) is 1. The SMILES string of the molecule is CC(C)OCC(=O)[O-].[Na+]. The van der Waals surface area contributed by atoms with Crippen LogP contribution in [-0.4, -0.2) is 18.7 Å². The van der Waals surface area contributed by atoms with Crippen molar-refractivity contribution in [3.05, 3.63) is 0 Å². The first-order valence-corrected chi connectivity index (χ1v) is 2.44. The smallest absolute Gasteiger partial charge is 0.548 e. The van der Waals surface area contributed by atoms with Crippen LogP contribution in [0.15, 0.2) is 0 Å². The van der Waals surface area contributed by atoms with Crippen molar-refractivity contribution < 1.29 is 44.2 Å². The fraction of sp³-hybridized carbons (Fsp3) is 0.800. The molecule has 0 saturated carbocycles. The minimum Gasteiger partial charge on any atom is -0.548 e. The Balaban J connectivity index is 0. The molecule has 0 atom stereocenters. The van der Waals surface area contributed by atoms with E-state index in [4.69, 9.17) is 0 Å². The van der Waals surface area contributed by atoms with Gasteiger partial charge in [0.05, 0.1) is 18.7 Å². The zero-order valence-electron chi connectivity index (χ0n) is 6.01. The van der Waals surface area contributed by atoms with E-state index in [9.17, 15) is 9.90 Å². The minimum absolute atomic E-state index is 0. The fourth-order valence-corrected chi connectivity index (χ4v) is 0.235. The number of rotatable bonds is 3. The van der Waals surface area contributed by atoms with E-state index in [0.29, 0.717) is 0 Å². The van der Waals surface area contributed by atoms with E-state index in [-0.39, 0.29) is 42.3 Å². The summed E-state index contributed by atoms with van der Waals surface area (Å²) in [6, 6.07) is 0. The molecule has 0 N–H and O–H groups in total. The van der Waals surface area contributed by atoms with Gasteiger partial charge in [-0.25, -0.2) is 0 Å². The summed E-state index contributed by atoms with van der Waals surface area (Å²) in [4.78, 5) is 9.67. The molecule has 0 radical (unpaired) electrons. The van der Waals surface area contributed by atoms with E-state index in [0.717, 1.165) is 0 Å². The van der Waals surface area contributed by atoms with Crippen LogP contribution in [-0.2, 0) is 9.53 Å². The van der Waals surface area contributed by atoms with Gasteiger partial charge < -0.3 is 14.6 Å². The Hall–Kier alpha value is 0.430. The average Bonchev–Trinajstić information content (AvgIpc) is 1.61. The molecule has 0 aromatic rings. The van der Waals surface area contributed by atoms with E-state index >= 15 is 0 Å². The molecule has 4 heteroatoms.